The minimum absolute atomic E-state index is 0.191. The number of nitrogens with zero attached hydrogens (tertiary/aromatic N) is 5. The fourth-order valence-electron chi connectivity index (χ4n) is 3.00. The number of amides is 1. The predicted octanol–water partition coefficient (Wildman–Crippen LogP) is 3.73. The molecule has 11 heteroatoms. The van der Waals surface area contributed by atoms with Crippen LogP contribution in [0.3, 0.4) is 0 Å². The van der Waals surface area contributed by atoms with Gasteiger partial charge in [-0.25, -0.2) is 19.9 Å². The van der Waals surface area contributed by atoms with Crippen molar-refractivity contribution >= 4 is 16.8 Å². The maximum atomic E-state index is 12.6. The van der Waals surface area contributed by atoms with Crippen molar-refractivity contribution in [2.24, 2.45) is 0 Å². The van der Waals surface area contributed by atoms with E-state index in [1.54, 1.807) is 24.7 Å². The Morgan fingerprint density at radius 1 is 1.10 bits per heavy atom. The highest BCUT2D eigenvalue weighted by molar-refractivity contribution is 6.00. The van der Waals surface area contributed by atoms with Crippen molar-refractivity contribution in [2.75, 3.05) is 5.43 Å². The molecule has 0 bridgehead atoms. The van der Waals surface area contributed by atoms with Gasteiger partial charge in [-0.2, -0.15) is 0 Å². The molecular weight excluding hydrogens is 413 g/mol. The van der Waals surface area contributed by atoms with E-state index in [9.17, 15) is 18.0 Å². The molecule has 31 heavy (non-hydrogen) atoms. The number of carbonyl (C=O) groups excluding carboxylic acids is 1. The summed E-state index contributed by atoms with van der Waals surface area (Å²) in [5.74, 6) is -0.217. The number of halogens is 3. The predicted molar refractivity (Wildman–Crippen MR) is 105 cm³/mol. The Bertz CT molecular complexity index is 1220. The molecule has 0 radical (unpaired) electrons. The average molecular weight is 428 g/mol. The average Bonchev–Trinajstić information content (AvgIpc) is 3.10. The molecule has 0 saturated carbocycles. The van der Waals surface area contributed by atoms with Crippen LogP contribution in [0.25, 0.3) is 22.6 Å². The quantitative estimate of drug-likeness (QED) is 0.521. The SMILES string of the molecule is CCc1cn(NC(=O)c2cnc(-c3ncccn3)nc2)c2ccc(OC(F)(F)F)cc12. The van der Waals surface area contributed by atoms with Crippen LogP contribution in [0.2, 0.25) is 0 Å². The van der Waals surface area contributed by atoms with Crippen LogP contribution in [0.1, 0.15) is 22.8 Å². The minimum atomic E-state index is -4.78. The minimum Gasteiger partial charge on any atom is -0.406 e. The molecule has 8 nitrogen and oxygen atoms in total. The molecule has 4 rings (SSSR count). The standard InChI is InChI=1S/C20H15F3N6O2/c1-2-12-11-29(16-5-4-14(8-15(12)16)31-20(21,22)23)28-19(30)13-9-26-18(27-10-13)17-24-6-3-7-25-17/h3-11H,2H2,1H3,(H,28,30). The van der Waals surface area contributed by atoms with E-state index in [2.05, 4.69) is 30.1 Å². The number of ether oxygens (including phenoxy) is 1. The van der Waals surface area contributed by atoms with Gasteiger partial charge in [0, 0.05) is 36.4 Å². The number of nitrogens with one attached hydrogen (secondary N) is 1. The Morgan fingerprint density at radius 2 is 1.77 bits per heavy atom. The molecule has 4 aromatic rings. The van der Waals surface area contributed by atoms with E-state index in [-0.39, 0.29) is 17.1 Å². The molecule has 0 unspecified atom stereocenters. The normalized spacial score (nSPS) is 11.5. The van der Waals surface area contributed by atoms with Crippen LogP contribution < -0.4 is 10.2 Å². The van der Waals surface area contributed by atoms with Crippen molar-refractivity contribution in [1.82, 2.24) is 24.6 Å². The summed E-state index contributed by atoms with van der Waals surface area (Å²) in [4.78, 5) is 29.0. The summed E-state index contributed by atoms with van der Waals surface area (Å²) in [6.07, 6.45) is 3.20. The molecule has 1 N–H and O–H groups in total. The van der Waals surface area contributed by atoms with E-state index in [0.717, 1.165) is 5.56 Å². The fraction of sp³-hybridized carbons (Fsp3) is 0.150. The van der Waals surface area contributed by atoms with Crippen molar-refractivity contribution in [1.29, 1.82) is 0 Å². The molecule has 0 aliphatic heterocycles. The molecule has 0 fully saturated rings. The third kappa shape index (κ3) is 4.44. The van der Waals surface area contributed by atoms with Crippen LogP contribution in [0.5, 0.6) is 5.75 Å². The van der Waals surface area contributed by atoms with Gasteiger partial charge in [-0.3, -0.25) is 14.9 Å². The molecule has 3 aromatic heterocycles. The number of hydrogen-bond acceptors (Lipinski definition) is 6. The van der Waals surface area contributed by atoms with Crippen molar-refractivity contribution in [3.05, 3.63) is 66.4 Å². The van der Waals surface area contributed by atoms with Crippen LogP contribution in [-0.4, -0.2) is 36.9 Å². The Kier molecular flexibility index (Phi) is 5.24. The lowest BCUT2D eigenvalue weighted by Crippen LogP contribution is -2.22. The summed E-state index contributed by atoms with van der Waals surface area (Å²) >= 11 is 0. The molecule has 0 spiro atoms. The summed E-state index contributed by atoms with van der Waals surface area (Å²) in [7, 11) is 0. The van der Waals surface area contributed by atoms with Crippen LogP contribution in [0.4, 0.5) is 13.2 Å². The number of aromatic nitrogens is 5. The second kappa shape index (κ2) is 8.01. The highest BCUT2D eigenvalue weighted by atomic mass is 19.4. The molecule has 3 heterocycles. The van der Waals surface area contributed by atoms with Crippen molar-refractivity contribution in [2.45, 2.75) is 19.7 Å². The second-order valence-electron chi connectivity index (χ2n) is 6.41. The Hall–Kier alpha value is -4.02. The first kappa shape index (κ1) is 20.3. The topological polar surface area (TPSA) is 94.8 Å². The first-order valence-electron chi connectivity index (χ1n) is 9.14. The van der Waals surface area contributed by atoms with Gasteiger partial charge in [-0.1, -0.05) is 6.92 Å². The van der Waals surface area contributed by atoms with Gasteiger partial charge in [0.15, 0.2) is 11.6 Å². The summed E-state index contributed by atoms with van der Waals surface area (Å²) in [5, 5.41) is 0.539. The summed E-state index contributed by atoms with van der Waals surface area (Å²) in [5.41, 5.74) is 4.15. The lowest BCUT2D eigenvalue weighted by molar-refractivity contribution is -0.274. The zero-order valence-electron chi connectivity index (χ0n) is 16.1. The highest BCUT2D eigenvalue weighted by Crippen LogP contribution is 2.29. The number of alkyl halides is 3. The first-order valence-corrected chi connectivity index (χ1v) is 9.14. The van der Waals surface area contributed by atoms with Crippen molar-refractivity contribution in [3.8, 4) is 17.4 Å². The number of carbonyl (C=O) groups is 1. The lowest BCUT2D eigenvalue weighted by atomic mass is 10.1. The van der Waals surface area contributed by atoms with E-state index < -0.39 is 12.3 Å². The largest absolute Gasteiger partial charge is 0.573 e. The van der Waals surface area contributed by atoms with Crippen LogP contribution >= 0.6 is 0 Å². The van der Waals surface area contributed by atoms with Gasteiger partial charge in [0.1, 0.15) is 5.75 Å². The maximum absolute atomic E-state index is 12.6. The number of aryl methyl sites for hydroxylation is 1. The Labute approximate surface area is 173 Å². The van der Waals surface area contributed by atoms with E-state index in [1.807, 2.05) is 6.92 Å². The van der Waals surface area contributed by atoms with Crippen molar-refractivity contribution in [3.63, 3.8) is 0 Å². The summed E-state index contributed by atoms with van der Waals surface area (Å²) < 4.78 is 43.0. The van der Waals surface area contributed by atoms with Gasteiger partial charge < -0.3 is 4.74 Å². The van der Waals surface area contributed by atoms with Gasteiger partial charge in [-0.15, -0.1) is 13.2 Å². The Balaban J connectivity index is 1.58. The third-order valence-corrected chi connectivity index (χ3v) is 4.37. The van der Waals surface area contributed by atoms with E-state index in [0.29, 0.717) is 23.1 Å². The molecule has 1 aromatic carbocycles. The highest BCUT2D eigenvalue weighted by Gasteiger charge is 2.31. The molecule has 0 saturated heterocycles. The smallest absolute Gasteiger partial charge is 0.406 e. The summed E-state index contributed by atoms with van der Waals surface area (Å²) in [6.45, 7) is 1.86. The van der Waals surface area contributed by atoms with Crippen LogP contribution in [0.15, 0.2) is 55.2 Å². The molecular formula is C20H15F3N6O2. The van der Waals surface area contributed by atoms with Gasteiger partial charge in [-0.05, 0) is 36.2 Å². The second-order valence-corrected chi connectivity index (χ2v) is 6.41. The number of hydrogen-bond donors (Lipinski definition) is 1. The molecule has 0 aliphatic carbocycles. The van der Waals surface area contributed by atoms with Crippen LogP contribution in [0, 0.1) is 0 Å². The van der Waals surface area contributed by atoms with E-state index in [4.69, 9.17) is 0 Å². The zero-order valence-corrected chi connectivity index (χ0v) is 16.1. The monoisotopic (exact) mass is 428 g/mol. The van der Waals surface area contributed by atoms with Crippen LogP contribution in [-0.2, 0) is 6.42 Å². The van der Waals surface area contributed by atoms with E-state index >= 15 is 0 Å². The Morgan fingerprint density at radius 3 is 2.42 bits per heavy atom. The molecule has 0 aliphatic rings. The maximum Gasteiger partial charge on any atom is 0.573 e. The van der Waals surface area contributed by atoms with Gasteiger partial charge >= 0.3 is 6.36 Å². The van der Waals surface area contributed by atoms with Crippen molar-refractivity contribution < 1.29 is 22.7 Å². The van der Waals surface area contributed by atoms with Gasteiger partial charge in [0.05, 0.1) is 11.1 Å². The number of fused-ring (bicyclic) bond motifs is 1. The third-order valence-electron chi connectivity index (χ3n) is 4.37. The zero-order chi connectivity index (χ0) is 22.0. The molecule has 0 atom stereocenters. The van der Waals surface area contributed by atoms with E-state index in [1.165, 1.54) is 35.3 Å². The molecule has 1 amide bonds. The van der Waals surface area contributed by atoms with Gasteiger partial charge in [0.2, 0.25) is 0 Å². The van der Waals surface area contributed by atoms with Gasteiger partial charge in [0.25, 0.3) is 5.91 Å². The first-order chi connectivity index (χ1) is 14.8. The lowest BCUT2D eigenvalue weighted by Gasteiger charge is -2.10. The molecule has 158 valence electrons. The fourth-order valence-corrected chi connectivity index (χ4v) is 3.00. The number of rotatable bonds is 5. The summed E-state index contributed by atoms with van der Waals surface area (Å²) in [6, 6.07) is 5.59. The number of benzene rings is 1.